The highest BCUT2D eigenvalue weighted by atomic mass is 32.2. The van der Waals surface area contributed by atoms with E-state index in [1.807, 2.05) is 11.6 Å². The zero-order chi connectivity index (χ0) is 17.2. The molecule has 2 aromatic carbocycles. The lowest BCUT2D eigenvalue weighted by Crippen LogP contribution is -2.34. The van der Waals surface area contributed by atoms with Crippen LogP contribution in [0.2, 0.25) is 0 Å². The van der Waals surface area contributed by atoms with Crippen molar-refractivity contribution in [2.45, 2.75) is 11.8 Å². The van der Waals surface area contributed by atoms with Crippen molar-refractivity contribution in [2.24, 2.45) is 0 Å². The third kappa shape index (κ3) is 3.49. The van der Waals surface area contributed by atoms with Gasteiger partial charge in [-0.15, -0.1) is 0 Å². The topological polar surface area (TPSA) is 101 Å². The molecule has 3 rings (SSSR count). The molecule has 0 spiro atoms. The third-order valence-corrected chi connectivity index (χ3v) is 4.63. The Morgan fingerprint density at radius 1 is 0.958 bits per heavy atom. The zero-order valence-corrected chi connectivity index (χ0v) is 13.5. The summed E-state index contributed by atoms with van der Waals surface area (Å²) < 4.78 is 26.3. The predicted molar refractivity (Wildman–Crippen MR) is 90.1 cm³/mol. The summed E-state index contributed by atoms with van der Waals surface area (Å²) in [5, 5.41) is 2.47. The predicted octanol–water partition coefficient (Wildman–Crippen LogP) is 2.45. The lowest BCUT2D eigenvalue weighted by Gasteiger charge is -2.09. The highest BCUT2D eigenvalue weighted by molar-refractivity contribution is 7.90. The van der Waals surface area contributed by atoms with E-state index >= 15 is 0 Å². The quantitative estimate of drug-likeness (QED) is 0.761. The van der Waals surface area contributed by atoms with E-state index in [1.54, 1.807) is 36.5 Å². The minimum absolute atomic E-state index is 0.0210. The molecule has 3 aromatic rings. The molecule has 0 bridgehead atoms. The van der Waals surface area contributed by atoms with Crippen molar-refractivity contribution in [3.05, 3.63) is 60.4 Å². The maximum atomic E-state index is 12.2. The van der Waals surface area contributed by atoms with Crippen LogP contribution in [0.5, 0.6) is 0 Å². The number of nitrogens with zero attached hydrogens (tertiary/aromatic N) is 2. The molecule has 8 heteroatoms. The number of amides is 2. The van der Waals surface area contributed by atoms with Gasteiger partial charge < -0.3 is 5.32 Å². The number of anilines is 1. The largest absolute Gasteiger partial charge is 0.333 e. The number of hydrogen-bond donors (Lipinski definition) is 2. The van der Waals surface area contributed by atoms with Gasteiger partial charge in [0.05, 0.1) is 15.9 Å². The monoisotopic (exact) mass is 342 g/mol. The summed E-state index contributed by atoms with van der Waals surface area (Å²) in [6.07, 6.45) is 3.10. The summed E-state index contributed by atoms with van der Waals surface area (Å²) in [4.78, 5) is 20.2. The number of urea groups is 1. The van der Waals surface area contributed by atoms with Gasteiger partial charge in [-0.3, -0.25) is 9.97 Å². The number of aryl methyl sites for hydroxylation is 1. The molecule has 0 saturated heterocycles. The van der Waals surface area contributed by atoms with Crippen LogP contribution in [0.25, 0.3) is 11.0 Å². The van der Waals surface area contributed by atoms with E-state index in [-0.39, 0.29) is 4.90 Å². The van der Waals surface area contributed by atoms with E-state index in [0.717, 1.165) is 5.56 Å². The fourth-order valence-corrected chi connectivity index (χ4v) is 3.00. The normalized spacial score (nSPS) is 11.2. The van der Waals surface area contributed by atoms with Crippen molar-refractivity contribution in [1.82, 2.24) is 14.7 Å². The summed E-state index contributed by atoms with van der Waals surface area (Å²) in [5.41, 5.74) is 2.61. The molecule has 0 radical (unpaired) electrons. The molecule has 24 heavy (non-hydrogen) atoms. The Kier molecular flexibility index (Phi) is 4.13. The molecule has 0 unspecified atom stereocenters. The van der Waals surface area contributed by atoms with Gasteiger partial charge in [0.25, 0.3) is 10.0 Å². The van der Waals surface area contributed by atoms with Crippen LogP contribution in [0.3, 0.4) is 0 Å². The molecule has 0 aliphatic heterocycles. The maximum Gasteiger partial charge on any atom is 0.333 e. The van der Waals surface area contributed by atoms with Gasteiger partial charge in [0.15, 0.2) is 0 Å². The minimum Gasteiger partial charge on any atom is -0.307 e. The van der Waals surface area contributed by atoms with Crippen molar-refractivity contribution in [2.75, 3.05) is 5.32 Å². The van der Waals surface area contributed by atoms with Crippen LogP contribution in [0, 0.1) is 6.92 Å². The lowest BCUT2D eigenvalue weighted by molar-refractivity contribution is 0.256. The van der Waals surface area contributed by atoms with Gasteiger partial charge in [0.1, 0.15) is 0 Å². The van der Waals surface area contributed by atoms with Crippen LogP contribution in [0.1, 0.15) is 5.56 Å². The maximum absolute atomic E-state index is 12.2. The number of sulfonamides is 1. The first kappa shape index (κ1) is 15.9. The van der Waals surface area contributed by atoms with Gasteiger partial charge in [0, 0.05) is 18.1 Å². The van der Waals surface area contributed by atoms with Gasteiger partial charge in [-0.05, 0) is 37.3 Å². The molecule has 1 aromatic heterocycles. The van der Waals surface area contributed by atoms with E-state index in [4.69, 9.17) is 0 Å². The van der Waals surface area contributed by atoms with E-state index in [9.17, 15) is 13.2 Å². The molecule has 0 atom stereocenters. The fraction of sp³-hybridized carbons (Fsp3) is 0.0625. The Hall–Kier alpha value is -3.00. The average molecular weight is 342 g/mol. The minimum atomic E-state index is -3.93. The molecule has 0 fully saturated rings. The average Bonchev–Trinajstić information content (AvgIpc) is 2.54. The molecule has 2 amide bonds. The summed E-state index contributed by atoms with van der Waals surface area (Å²) in [5.74, 6) is 0. The van der Waals surface area contributed by atoms with Gasteiger partial charge in [-0.1, -0.05) is 17.7 Å². The highest BCUT2D eigenvalue weighted by Gasteiger charge is 2.17. The number of hydrogen-bond acceptors (Lipinski definition) is 5. The summed E-state index contributed by atoms with van der Waals surface area (Å²) >= 11 is 0. The number of carbonyl (C=O) groups is 1. The first-order chi connectivity index (χ1) is 11.4. The SMILES string of the molecule is Cc1ccc(S(=O)(=O)NC(=O)Nc2ccc3nccnc3c2)cc1. The molecule has 0 aliphatic rings. The summed E-state index contributed by atoms with van der Waals surface area (Å²) in [6.45, 7) is 1.85. The number of benzene rings is 2. The van der Waals surface area contributed by atoms with Crippen LogP contribution in [0.15, 0.2) is 59.8 Å². The van der Waals surface area contributed by atoms with Crippen molar-refractivity contribution in [3.63, 3.8) is 0 Å². The fourth-order valence-electron chi connectivity index (χ4n) is 2.10. The Balaban J connectivity index is 1.75. The van der Waals surface area contributed by atoms with Crippen LogP contribution < -0.4 is 10.0 Å². The number of carbonyl (C=O) groups excluding carboxylic acids is 1. The van der Waals surface area contributed by atoms with E-state index in [0.29, 0.717) is 16.7 Å². The van der Waals surface area contributed by atoms with Gasteiger partial charge in [-0.2, -0.15) is 0 Å². The third-order valence-electron chi connectivity index (χ3n) is 3.29. The molecule has 0 aliphatic carbocycles. The number of aromatic nitrogens is 2. The van der Waals surface area contributed by atoms with Crippen LogP contribution in [-0.4, -0.2) is 24.4 Å². The van der Waals surface area contributed by atoms with E-state index in [1.165, 1.54) is 18.3 Å². The number of rotatable bonds is 3. The van der Waals surface area contributed by atoms with Gasteiger partial charge in [0.2, 0.25) is 0 Å². The molecular formula is C16H14N4O3S. The van der Waals surface area contributed by atoms with Crippen molar-refractivity contribution in [1.29, 1.82) is 0 Å². The Labute approximate surface area is 138 Å². The first-order valence-electron chi connectivity index (χ1n) is 7.05. The molecule has 122 valence electrons. The van der Waals surface area contributed by atoms with Crippen LogP contribution in [0.4, 0.5) is 10.5 Å². The number of nitrogens with one attached hydrogen (secondary N) is 2. The Bertz CT molecular complexity index is 1000. The first-order valence-corrected chi connectivity index (χ1v) is 8.54. The van der Waals surface area contributed by atoms with E-state index < -0.39 is 16.1 Å². The standard InChI is InChI=1S/C16H14N4O3S/c1-11-2-5-13(6-3-11)24(22,23)20-16(21)19-12-4-7-14-15(10-12)18-9-8-17-14/h2-10H,1H3,(H2,19,20,21). The molecule has 0 saturated carbocycles. The number of fused-ring (bicyclic) bond motifs is 1. The second kappa shape index (κ2) is 6.25. The second-order valence-corrected chi connectivity index (χ2v) is 6.81. The molecule has 1 heterocycles. The molecule has 2 N–H and O–H groups in total. The van der Waals surface area contributed by atoms with Crippen LogP contribution in [-0.2, 0) is 10.0 Å². The van der Waals surface area contributed by atoms with Crippen molar-refractivity contribution >= 4 is 32.8 Å². The zero-order valence-electron chi connectivity index (χ0n) is 12.7. The lowest BCUT2D eigenvalue weighted by atomic mass is 10.2. The summed E-state index contributed by atoms with van der Waals surface area (Å²) in [7, 11) is -3.93. The smallest absolute Gasteiger partial charge is 0.307 e. The van der Waals surface area contributed by atoms with Gasteiger partial charge in [-0.25, -0.2) is 17.9 Å². The van der Waals surface area contributed by atoms with Gasteiger partial charge >= 0.3 is 6.03 Å². The van der Waals surface area contributed by atoms with Crippen LogP contribution >= 0.6 is 0 Å². The van der Waals surface area contributed by atoms with Crippen molar-refractivity contribution in [3.8, 4) is 0 Å². The Morgan fingerprint density at radius 3 is 2.33 bits per heavy atom. The molecule has 7 nitrogen and oxygen atoms in total. The second-order valence-electron chi connectivity index (χ2n) is 5.13. The highest BCUT2D eigenvalue weighted by Crippen LogP contribution is 2.15. The Morgan fingerprint density at radius 2 is 1.62 bits per heavy atom. The van der Waals surface area contributed by atoms with Crippen molar-refractivity contribution < 1.29 is 13.2 Å². The molecular weight excluding hydrogens is 328 g/mol. The summed E-state index contributed by atoms with van der Waals surface area (Å²) in [6, 6.07) is 10.3. The van der Waals surface area contributed by atoms with E-state index in [2.05, 4.69) is 15.3 Å².